The molecule has 6 nitrogen and oxygen atoms in total. The Morgan fingerprint density at radius 3 is 2.42 bits per heavy atom. The molecule has 0 aromatic heterocycles. The zero-order chi connectivity index (χ0) is 14.9. The average Bonchev–Trinajstić information content (AvgIpc) is 2.31. The molecule has 0 unspecified atom stereocenters. The molecule has 0 fully saturated rings. The minimum Gasteiger partial charge on any atom is -0.444 e. The summed E-state index contributed by atoms with van der Waals surface area (Å²) in [5.74, 6) is 0.196. The van der Waals surface area contributed by atoms with Gasteiger partial charge in [-0.1, -0.05) is 13.8 Å². The summed E-state index contributed by atoms with van der Waals surface area (Å²) in [4.78, 5) is 22.7. The van der Waals surface area contributed by atoms with Gasteiger partial charge in [0, 0.05) is 6.54 Å². The number of amides is 2. The monoisotopic (exact) mass is 274 g/mol. The number of rotatable bonds is 8. The van der Waals surface area contributed by atoms with Crippen LogP contribution in [-0.4, -0.2) is 42.4 Å². The lowest BCUT2D eigenvalue weighted by Crippen LogP contribution is -2.41. The molecular weight excluding hydrogens is 248 g/mol. The Morgan fingerprint density at radius 2 is 1.89 bits per heavy atom. The van der Waals surface area contributed by atoms with Crippen LogP contribution in [0.1, 0.15) is 40.5 Å². The second-order valence-electron chi connectivity index (χ2n) is 5.51. The first-order valence-electron chi connectivity index (χ1n) is 6.61. The number of aliphatic hydroxyl groups excluding tert-OH is 1. The first kappa shape index (κ1) is 17.7. The normalized spacial score (nSPS) is 11.3. The van der Waals surface area contributed by atoms with E-state index in [0.717, 1.165) is 12.8 Å². The van der Waals surface area contributed by atoms with E-state index in [4.69, 9.17) is 9.84 Å². The summed E-state index contributed by atoms with van der Waals surface area (Å²) >= 11 is 0. The number of hydrogen-bond donors (Lipinski definition) is 3. The van der Waals surface area contributed by atoms with Gasteiger partial charge in [0.25, 0.3) is 0 Å². The molecule has 0 aliphatic carbocycles. The molecular formula is C13H26N2O4. The maximum Gasteiger partial charge on any atom is 0.408 e. The summed E-state index contributed by atoms with van der Waals surface area (Å²) < 4.78 is 5.26. The van der Waals surface area contributed by atoms with Crippen molar-refractivity contribution in [3.63, 3.8) is 0 Å². The summed E-state index contributed by atoms with van der Waals surface area (Å²) in [5.41, 5.74) is -0.546. The van der Waals surface area contributed by atoms with Crippen molar-refractivity contribution >= 4 is 12.0 Å². The third-order valence-corrected chi connectivity index (χ3v) is 2.52. The smallest absolute Gasteiger partial charge is 0.408 e. The van der Waals surface area contributed by atoms with E-state index < -0.39 is 11.7 Å². The van der Waals surface area contributed by atoms with Crippen LogP contribution in [0.15, 0.2) is 0 Å². The van der Waals surface area contributed by atoms with Gasteiger partial charge in [-0.05, 0) is 32.6 Å². The fourth-order valence-corrected chi connectivity index (χ4v) is 1.38. The van der Waals surface area contributed by atoms with E-state index in [1.807, 2.05) is 13.8 Å². The highest BCUT2D eigenvalue weighted by Crippen LogP contribution is 2.19. The molecule has 0 aliphatic heterocycles. The molecule has 0 atom stereocenters. The van der Waals surface area contributed by atoms with Crippen LogP contribution in [0.2, 0.25) is 0 Å². The van der Waals surface area contributed by atoms with Crippen LogP contribution in [0.5, 0.6) is 0 Å². The summed E-state index contributed by atoms with van der Waals surface area (Å²) in [6.07, 6.45) is 1.14. The highest BCUT2D eigenvalue weighted by Gasteiger charge is 2.23. The Balaban J connectivity index is 3.92. The van der Waals surface area contributed by atoms with Gasteiger partial charge in [0.1, 0.15) is 5.60 Å². The number of carbonyl (C=O) groups excluding carboxylic acids is 2. The lowest BCUT2D eigenvalue weighted by Gasteiger charge is -2.25. The van der Waals surface area contributed by atoms with Crippen molar-refractivity contribution in [3.8, 4) is 0 Å². The van der Waals surface area contributed by atoms with Gasteiger partial charge < -0.3 is 20.5 Å². The summed E-state index contributed by atoms with van der Waals surface area (Å²) in [6, 6.07) is 0. The van der Waals surface area contributed by atoms with Crippen molar-refractivity contribution in [2.45, 2.75) is 46.1 Å². The van der Waals surface area contributed by atoms with Gasteiger partial charge in [0.05, 0.1) is 13.2 Å². The van der Waals surface area contributed by atoms with E-state index in [1.54, 1.807) is 0 Å². The van der Waals surface area contributed by atoms with Gasteiger partial charge >= 0.3 is 6.09 Å². The first-order chi connectivity index (χ1) is 8.76. The molecule has 0 bridgehead atoms. The summed E-state index contributed by atoms with van der Waals surface area (Å²) in [7, 11) is 0. The Bertz CT molecular complexity index is 290. The predicted molar refractivity (Wildman–Crippen MR) is 72.7 cm³/mol. The molecule has 0 rings (SSSR count). The van der Waals surface area contributed by atoms with Crippen LogP contribution in [0.4, 0.5) is 4.79 Å². The van der Waals surface area contributed by atoms with Crippen LogP contribution < -0.4 is 10.6 Å². The van der Waals surface area contributed by atoms with Crippen molar-refractivity contribution in [2.75, 3.05) is 19.7 Å². The molecule has 0 aliphatic rings. The maximum absolute atomic E-state index is 11.5. The third-order valence-electron chi connectivity index (χ3n) is 2.52. The largest absolute Gasteiger partial charge is 0.444 e. The molecule has 0 saturated carbocycles. The summed E-state index contributed by atoms with van der Waals surface area (Å²) in [6.45, 7) is 7.82. The molecule has 3 N–H and O–H groups in total. The lowest BCUT2D eigenvalue weighted by atomic mass is 9.97. The van der Waals surface area contributed by atoms with Gasteiger partial charge in [-0.25, -0.2) is 4.79 Å². The minimum absolute atomic E-state index is 0.127. The topological polar surface area (TPSA) is 87.7 Å². The van der Waals surface area contributed by atoms with E-state index in [9.17, 15) is 9.59 Å². The maximum atomic E-state index is 11.5. The number of hydrogen-bond acceptors (Lipinski definition) is 4. The van der Waals surface area contributed by atoms with Crippen molar-refractivity contribution in [3.05, 3.63) is 0 Å². The molecule has 0 aromatic carbocycles. The Hall–Kier alpha value is -1.30. The SMILES string of the molecule is CC(C)CCC(C)(C)OC(=O)NCC(=O)NCCO. The molecule has 0 saturated heterocycles. The van der Waals surface area contributed by atoms with E-state index >= 15 is 0 Å². The minimum atomic E-state index is -0.604. The standard InChI is InChI=1S/C13H26N2O4/c1-10(2)5-6-13(3,4)19-12(18)15-9-11(17)14-7-8-16/h10,16H,5-9H2,1-4H3,(H,14,17)(H,15,18). The third kappa shape index (κ3) is 10.3. The lowest BCUT2D eigenvalue weighted by molar-refractivity contribution is -0.120. The van der Waals surface area contributed by atoms with E-state index in [0.29, 0.717) is 5.92 Å². The van der Waals surface area contributed by atoms with E-state index in [2.05, 4.69) is 24.5 Å². The Labute approximate surface area is 114 Å². The molecule has 6 heteroatoms. The zero-order valence-electron chi connectivity index (χ0n) is 12.3. The number of alkyl carbamates (subject to hydrolysis) is 1. The Morgan fingerprint density at radius 1 is 1.26 bits per heavy atom. The molecule has 0 radical (unpaired) electrons. The fraction of sp³-hybridized carbons (Fsp3) is 0.846. The van der Waals surface area contributed by atoms with Crippen molar-refractivity contribution in [2.24, 2.45) is 5.92 Å². The fourth-order valence-electron chi connectivity index (χ4n) is 1.38. The average molecular weight is 274 g/mol. The molecule has 0 aromatic rings. The van der Waals surface area contributed by atoms with Crippen LogP contribution in [0, 0.1) is 5.92 Å². The van der Waals surface area contributed by atoms with Gasteiger partial charge in [-0.3, -0.25) is 4.79 Å². The van der Waals surface area contributed by atoms with Gasteiger partial charge in [-0.15, -0.1) is 0 Å². The van der Waals surface area contributed by atoms with Gasteiger partial charge in [0.2, 0.25) is 5.91 Å². The quantitative estimate of drug-likeness (QED) is 0.617. The Kier molecular flexibility index (Phi) is 8.14. The first-order valence-corrected chi connectivity index (χ1v) is 6.61. The van der Waals surface area contributed by atoms with Gasteiger partial charge in [-0.2, -0.15) is 0 Å². The number of ether oxygens (including phenoxy) is 1. The number of aliphatic hydroxyl groups is 1. The van der Waals surface area contributed by atoms with E-state index in [1.165, 1.54) is 0 Å². The molecule has 2 amide bonds. The summed E-state index contributed by atoms with van der Waals surface area (Å²) in [5, 5.41) is 13.3. The number of nitrogens with one attached hydrogen (secondary N) is 2. The zero-order valence-corrected chi connectivity index (χ0v) is 12.3. The molecule has 0 heterocycles. The number of carbonyl (C=O) groups is 2. The highest BCUT2D eigenvalue weighted by atomic mass is 16.6. The van der Waals surface area contributed by atoms with Crippen LogP contribution in [-0.2, 0) is 9.53 Å². The van der Waals surface area contributed by atoms with Crippen LogP contribution in [0.25, 0.3) is 0 Å². The molecule has 19 heavy (non-hydrogen) atoms. The predicted octanol–water partition coefficient (Wildman–Crippen LogP) is 1.04. The second kappa shape index (κ2) is 8.74. The van der Waals surface area contributed by atoms with Crippen molar-refractivity contribution in [1.82, 2.24) is 10.6 Å². The van der Waals surface area contributed by atoms with Crippen molar-refractivity contribution < 1.29 is 19.4 Å². The van der Waals surface area contributed by atoms with Gasteiger partial charge in [0.15, 0.2) is 0 Å². The highest BCUT2D eigenvalue weighted by molar-refractivity contribution is 5.82. The molecule has 112 valence electrons. The van der Waals surface area contributed by atoms with Crippen LogP contribution >= 0.6 is 0 Å². The van der Waals surface area contributed by atoms with Crippen LogP contribution in [0.3, 0.4) is 0 Å². The second-order valence-corrected chi connectivity index (χ2v) is 5.51. The van der Waals surface area contributed by atoms with E-state index in [-0.39, 0.29) is 25.6 Å². The van der Waals surface area contributed by atoms with Crippen molar-refractivity contribution in [1.29, 1.82) is 0 Å². The molecule has 0 spiro atoms.